The molecule has 1 fully saturated rings. The van der Waals surface area contributed by atoms with Crippen molar-refractivity contribution in [1.29, 1.82) is 0 Å². The van der Waals surface area contributed by atoms with Gasteiger partial charge in [-0.2, -0.15) is 0 Å². The number of nitrogens with zero attached hydrogens (tertiary/aromatic N) is 1. The lowest BCUT2D eigenvalue weighted by Gasteiger charge is -2.41. The van der Waals surface area contributed by atoms with Crippen LogP contribution in [0.2, 0.25) is 0 Å². The Kier molecular flexibility index (Phi) is 5.99. The number of fused-ring (bicyclic) bond motifs is 1. The van der Waals surface area contributed by atoms with Crippen molar-refractivity contribution in [2.75, 3.05) is 11.9 Å². The molecule has 33 heavy (non-hydrogen) atoms. The van der Waals surface area contributed by atoms with Gasteiger partial charge >= 0.3 is 0 Å². The van der Waals surface area contributed by atoms with Crippen molar-refractivity contribution in [3.8, 4) is 0 Å². The average molecular weight is 439 g/mol. The van der Waals surface area contributed by atoms with E-state index >= 15 is 0 Å². The van der Waals surface area contributed by atoms with E-state index in [1.165, 1.54) is 17.5 Å². The Morgan fingerprint density at radius 1 is 0.879 bits per heavy atom. The van der Waals surface area contributed by atoms with Crippen molar-refractivity contribution in [3.05, 3.63) is 101 Å². The van der Waals surface area contributed by atoms with Crippen molar-refractivity contribution in [1.82, 2.24) is 4.90 Å². The number of rotatable bonds is 4. The highest BCUT2D eigenvalue weighted by atomic mass is 16.2. The maximum absolute atomic E-state index is 13.7. The number of anilines is 1. The van der Waals surface area contributed by atoms with Crippen molar-refractivity contribution < 1.29 is 9.59 Å². The first-order chi connectivity index (χ1) is 16.1. The standard InChI is InChI=1S/C29H30N2O2/c1-20-9-5-6-14-25(20)29(33)31-18-8-15-26(27(31)22-10-3-2-4-11-22)28(32)30-24-17-16-21-12-7-13-23(21)19-24/h2-6,9-11,14,16-17,19,26-27H,7-8,12-13,15,18H2,1H3,(H,30,32). The van der Waals surface area contributed by atoms with Gasteiger partial charge in [0.1, 0.15) is 0 Å². The number of benzene rings is 3. The molecule has 0 spiro atoms. The SMILES string of the molecule is Cc1ccccc1C(=O)N1CCCC(C(=O)Nc2ccc3c(c2)CCC3)C1c1ccccc1. The van der Waals surface area contributed by atoms with E-state index in [0.29, 0.717) is 12.1 Å². The van der Waals surface area contributed by atoms with Crippen molar-refractivity contribution in [2.24, 2.45) is 5.92 Å². The van der Waals surface area contributed by atoms with E-state index < -0.39 is 0 Å². The fraction of sp³-hybridized carbons (Fsp3) is 0.310. The molecule has 1 aliphatic heterocycles. The van der Waals surface area contributed by atoms with Crippen molar-refractivity contribution in [2.45, 2.75) is 45.1 Å². The third kappa shape index (κ3) is 4.30. The third-order valence-corrected chi connectivity index (χ3v) is 7.11. The molecule has 1 heterocycles. The second-order valence-electron chi connectivity index (χ2n) is 9.24. The smallest absolute Gasteiger partial charge is 0.254 e. The van der Waals surface area contributed by atoms with Gasteiger partial charge in [-0.25, -0.2) is 0 Å². The number of aryl methyl sites for hydroxylation is 3. The summed E-state index contributed by atoms with van der Waals surface area (Å²) < 4.78 is 0. The summed E-state index contributed by atoms with van der Waals surface area (Å²) in [5.74, 6) is -0.316. The van der Waals surface area contributed by atoms with E-state index in [4.69, 9.17) is 0 Å². The summed E-state index contributed by atoms with van der Waals surface area (Å²) in [6.07, 6.45) is 4.95. The Balaban J connectivity index is 1.46. The molecule has 0 radical (unpaired) electrons. The van der Waals surface area contributed by atoms with Crippen LogP contribution in [0.25, 0.3) is 0 Å². The normalized spacial score (nSPS) is 19.7. The van der Waals surface area contributed by atoms with Gasteiger partial charge in [-0.1, -0.05) is 54.6 Å². The number of carbonyl (C=O) groups excluding carboxylic acids is 2. The fourth-order valence-electron chi connectivity index (χ4n) is 5.41. The molecule has 3 aromatic carbocycles. The van der Waals surface area contributed by atoms with E-state index in [1.54, 1.807) is 0 Å². The summed E-state index contributed by atoms with van der Waals surface area (Å²) in [6.45, 7) is 2.61. The Labute approximate surface area is 195 Å². The molecular formula is C29H30N2O2. The minimum Gasteiger partial charge on any atom is -0.331 e. The molecule has 0 saturated carbocycles. The van der Waals surface area contributed by atoms with Gasteiger partial charge in [-0.3, -0.25) is 9.59 Å². The first-order valence-corrected chi connectivity index (χ1v) is 12.0. The number of amides is 2. The predicted octanol–water partition coefficient (Wildman–Crippen LogP) is 5.72. The van der Waals surface area contributed by atoms with Crippen LogP contribution in [0.3, 0.4) is 0 Å². The third-order valence-electron chi connectivity index (χ3n) is 7.11. The van der Waals surface area contributed by atoms with Gasteiger partial charge in [-0.05, 0) is 79.5 Å². The van der Waals surface area contributed by atoms with E-state index in [9.17, 15) is 9.59 Å². The number of hydrogen-bond donors (Lipinski definition) is 1. The quantitative estimate of drug-likeness (QED) is 0.567. The maximum Gasteiger partial charge on any atom is 0.254 e. The Hall–Kier alpha value is -3.40. The number of likely N-dealkylation sites (tertiary alicyclic amines) is 1. The zero-order valence-corrected chi connectivity index (χ0v) is 19.1. The van der Waals surface area contributed by atoms with Gasteiger partial charge in [-0.15, -0.1) is 0 Å². The first-order valence-electron chi connectivity index (χ1n) is 12.0. The lowest BCUT2D eigenvalue weighted by atomic mass is 9.83. The molecule has 4 heteroatoms. The monoisotopic (exact) mass is 438 g/mol. The van der Waals surface area contributed by atoms with E-state index in [1.807, 2.05) is 72.5 Å². The van der Waals surface area contributed by atoms with E-state index in [-0.39, 0.29) is 23.8 Å². The predicted molar refractivity (Wildman–Crippen MR) is 131 cm³/mol. The van der Waals surface area contributed by atoms with Crippen molar-refractivity contribution >= 4 is 17.5 Å². The van der Waals surface area contributed by atoms with Crippen LogP contribution in [-0.4, -0.2) is 23.3 Å². The van der Waals surface area contributed by atoms with Gasteiger partial charge in [0.25, 0.3) is 5.91 Å². The van der Waals surface area contributed by atoms with Crippen LogP contribution in [0.5, 0.6) is 0 Å². The molecule has 168 valence electrons. The topological polar surface area (TPSA) is 49.4 Å². The molecular weight excluding hydrogens is 408 g/mol. The number of hydrogen-bond acceptors (Lipinski definition) is 2. The van der Waals surface area contributed by atoms with Crippen LogP contribution in [0.4, 0.5) is 5.69 Å². The molecule has 2 unspecified atom stereocenters. The number of nitrogens with one attached hydrogen (secondary N) is 1. The van der Waals surface area contributed by atoms with Crippen LogP contribution in [0, 0.1) is 12.8 Å². The minimum atomic E-state index is -0.303. The molecule has 5 rings (SSSR count). The Morgan fingerprint density at radius 3 is 2.45 bits per heavy atom. The highest BCUT2D eigenvalue weighted by Crippen LogP contribution is 2.38. The average Bonchev–Trinajstić information content (AvgIpc) is 3.32. The van der Waals surface area contributed by atoms with Crippen LogP contribution >= 0.6 is 0 Å². The van der Waals surface area contributed by atoms with Gasteiger partial charge < -0.3 is 10.2 Å². The zero-order valence-electron chi connectivity index (χ0n) is 19.1. The van der Waals surface area contributed by atoms with Gasteiger partial charge in [0, 0.05) is 17.8 Å². The number of carbonyl (C=O) groups is 2. The van der Waals surface area contributed by atoms with Gasteiger partial charge in [0.2, 0.25) is 5.91 Å². The van der Waals surface area contributed by atoms with E-state index in [0.717, 1.165) is 42.5 Å². The fourth-order valence-corrected chi connectivity index (χ4v) is 5.41. The molecule has 1 saturated heterocycles. The molecule has 0 aromatic heterocycles. The lowest BCUT2D eigenvalue weighted by molar-refractivity contribution is -0.123. The summed E-state index contributed by atoms with van der Waals surface area (Å²) in [6, 6.07) is 23.7. The zero-order chi connectivity index (χ0) is 22.8. The summed E-state index contributed by atoms with van der Waals surface area (Å²) in [7, 11) is 0. The highest BCUT2D eigenvalue weighted by Gasteiger charge is 2.39. The van der Waals surface area contributed by atoms with Crippen molar-refractivity contribution in [3.63, 3.8) is 0 Å². The molecule has 4 nitrogen and oxygen atoms in total. The summed E-state index contributed by atoms with van der Waals surface area (Å²) in [4.78, 5) is 29.1. The second-order valence-corrected chi connectivity index (χ2v) is 9.24. The largest absolute Gasteiger partial charge is 0.331 e. The maximum atomic E-state index is 13.7. The summed E-state index contributed by atoms with van der Waals surface area (Å²) in [5.41, 5.74) is 6.26. The van der Waals surface area contributed by atoms with Crippen LogP contribution < -0.4 is 5.32 Å². The first kappa shape index (κ1) is 21.4. The molecule has 2 amide bonds. The highest BCUT2D eigenvalue weighted by molar-refractivity contribution is 5.98. The van der Waals surface area contributed by atoms with Crippen LogP contribution in [-0.2, 0) is 17.6 Å². The number of piperidine rings is 1. The van der Waals surface area contributed by atoms with Crippen LogP contribution in [0.1, 0.15) is 57.9 Å². The lowest BCUT2D eigenvalue weighted by Crippen LogP contribution is -2.46. The minimum absolute atomic E-state index is 0.00279. The van der Waals surface area contributed by atoms with E-state index in [2.05, 4.69) is 17.4 Å². The second kappa shape index (κ2) is 9.22. The molecule has 1 aliphatic carbocycles. The van der Waals surface area contributed by atoms with Gasteiger partial charge in [0.05, 0.1) is 12.0 Å². The molecule has 3 aromatic rings. The Morgan fingerprint density at radius 2 is 1.64 bits per heavy atom. The van der Waals surface area contributed by atoms with Crippen LogP contribution in [0.15, 0.2) is 72.8 Å². The molecule has 2 atom stereocenters. The Bertz CT molecular complexity index is 1170. The molecule has 1 N–H and O–H groups in total. The molecule has 0 bridgehead atoms. The van der Waals surface area contributed by atoms with Gasteiger partial charge in [0.15, 0.2) is 0 Å². The summed E-state index contributed by atoms with van der Waals surface area (Å²) in [5, 5.41) is 3.17. The summed E-state index contributed by atoms with van der Waals surface area (Å²) >= 11 is 0. The molecule has 2 aliphatic rings.